The summed E-state index contributed by atoms with van der Waals surface area (Å²) >= 11 is 0. The zero-order valence-electron chi connectivity index (χ0n) is 11.8. The highest BCUT2D eigenvalue weighted by Crippen LogP contribution is 2.07. The summed E-state index contributed by atoms with van der Waals surface area (Å²) in [6, 6.07) is 7.14. The normalized spacial score (nSPS) is 12.5. The van der Waals surface area contributed by atoms with E-state index in [1.54, 1.807) is 12.1 Å². The van der Waals surface area contributed by atoms with Gasteiger partial charge in [0.05, 0.1) is 25.4 Å². The molecule has 0 heterocycles. The summed E-state index contributed by atoms with van der Waals surface area (Å²) in [4.78, 5) is 11.9. The third kappa shape index (κ3) is 5.41. The van der Waals surface area contributed by atoms with Crippen molar-refractivity contribution in [3.05, 3.63) is 35.4 Å². The maximum atomic E-state index is 11.9. The molecule has 1 amide bonds. The van der Waals surface area contributed by atoms with Gasteiger partial charge in [-0.2, -0.15) is 0 Å². The van der Waals surface area contributed by atoms with Crippen molar-refractivity contribution in [3.63, 3.8) is 0 Å². The van der Waals surface area contributed by atoms with Crippen LogP contribution in [0.25, 0.3) is 0 Å². The van der Waals surface area contributed by atoms with Gasteiger partial charge in [0.15, 0.2) is 0 Å². The first kappa shape index (κ1) is 15.7. The molecule has 0 spiro atoms. The molecule has 0 radical (unpaired) electrons. The highest BCUT2D eigenvalue weighted by Gasteiger charge is 2.11. The fraction of sp³-hybridized carbons (Fsp3) is 0.533. The molecule has 0 aliphatic rings. The molecule has 4 heteroatoms. The van der Waals surface area contributed by atoms with Gasteiger partial charge in [-0.3, -0.25) is 4.79 Å². The minimum absolute atomic E-state index is 0.0391. The van der Waals surface area contributed by atoms with Gasteiger partial charge in [0.1, 0.15) is 0 Å². The number of ether oxygens (including phenoxy) is 1. The molecule has 0 aromatic heterocycles. The van der Waals surface area contributed by atoms with Crippen LogP contribution in [0.2, 0.25) is 0 Å². The van der Waals surface area contributed by atoms with E-state index in [9.17, 15) is 4.79 Å². The lowest BCUT2D eigenvalue weighted by Gasteiger charge is -2.14. The van der Waals surface area contributed by atoms with Crippen LogP contribution >= 0.6 is 0 Å². The number of carbonyl (C=O) groups is 1. The summed E-state index contributed by atoms with van der Waals surface area (Å²) in [5.74, 6) is -0.155. The Hall–Kier alpha value is -1.39. The van der Waals surface area contributed by atoms with Gasteiger partial charge >= 0.3 is 0 Å². The quantitative estimate of drug-likeness (QED) is 0.794. The molecule has 0 unspecified atom stereocenters. The predicted molar refractivity (Wildman–Crippen MR) is 75.0 cm³/mol. The van der Waals surface area contributed by atoms with Gasteiger partial charge < -0.3 is 15.2 Å². The van der Waals surface area contributed by atoms with E-state index in [0.29, 0.717) is 18.6 Å². The van der Waals surface area contributed by atoms with Crippen LogP contribution in [0.3, 0.4) is 0 Å². The van der Waals surface area contributed by atoms with E-state index in [1.807, 2.05) is 32.9 Å². The Morgan fingerprint density at radius 1 is 1.32 bits per heavy atom. The van der Waals surface area contributed by atoms with Gasteiger partial charge in [0, 0.05) is 5.56 Å². The summed E-state index contributed by atoms with van der Waals surface area (Å²) in [6.07, 6.45) is 0.903. The molecule has 0 bridgehead atoms. The Kier molecular flexibility index (Phi) is 6.53. The van der Waals surface area contributed by atoms with Crippen molar-refractivity contribution >= 4 is 5.91 Å². The van der Waals surface area contributed by atoms with Crippen LogP contribution in [0.15, 0.2) is 24.3 Å². The number of amides is 1. The van der Waals surface area contributed by atoms with Crippen LogP contribution in [-0.2, 0) is 11.3 Å². The van der Waals surface area contributed by atoms with Crippen molar-refractivity contribution in [1.29, 1.82) is 0 Å². The van der Waals surface area contributed by atoms with Crippen LogP contribution < -0.4 is 5.32 Å². The summed E-state index contributed by atoms with van der Waals surface area (Å²) in [6.45, 7) is 6.41. The Morgan fingerprint density at radius 3 is 2.42 bits per heavy atom. The van der Waals surface area contributed by atoms with Crippen molar-refractivity contribution in [1.82, 2.24) is 5.32 Å². The van der Waals surface area contributed by atoms with Crippen molar-refractivity contribution in [3.8, 4) is 0 Å². The second-order valence-corrected chi connectivity index (χ2v) is 4.82. The van der Waals surface area contributed by atoms with Gasteiger partial charge in [-0.05, 0) is 38.0 Å². The molecule has 0 aliphatic heterocycles. The van der Waals surface area contributed by atoms with Crippen molar-refractivity contribution in [2.24, 2.45) is 0 Å². The molecule has 0 aliphatic carbocycles. The van der Waals surface area contributed by atoms with Crippen LogP contribution in [-0.4, -0.2) is 29.8 Å². The van der Waals surface area contributed by atoms with Gasteiger partial charge in [-0.25, -0.2) is 0 Å². The number of aliphatic hydroxyl groups excluding tert-OH is 1. The number of aliphatic hydroxyl groups is 1. The van der Waals surface area contributed by atoms with Crippen molar-refractivity contribution < 1.29 is 14.6 Å². The van der Waals surface area contributed by atoms with Crippen molar-refractivity contribution in [2.45, 2.75) is 45.9 Å². The molecule has 2 N–H and O–H groups in total. The first-order chi connectivity index (χ1) is 9.06. The number of hydrogen-bond acceptors (Lipinski definition) is 3. The number of rotatable bonds is 7. The van der Waals surface area contributed by atoms with E-state index < -0.39 is 0 Å². The Morgan fingerprint density at radius 2 is 1.95 bits per heavy atom. The number of carbonyl (C=O) groups excluding carboxylic acids is 1. The third-order valence-electron chi connectivity index (χ3n) is 2.85. The largest absolute Gasteiger partial charge is 0.394 e. The average Bonchev–Trinajstić information content (AvgIpc) is 2.42. The molecule has 106 valence electrons. The van der Waals surface area contributed by atoms with Gasteiger partial charge in [-0.15, -0.1) is 0 Å². The summed E-state index contributed by atoms with van der Waals surface area (Å²) in [5.41, 5.74) is 1.64. The molecule has 4 nitrogen and oxygen atoms in total. The topological polar surface area (TPSA) is 58.6 Å². The fourth-order valence-electron chi connectivity index (χ4n) is 1.56. The SMILES string of the molecule is CC[C@H](CO)NC(=O)c1ccc(COC(C)C)cc1. The fourth-order valence-corrected chi connectivity index (χ4v) is 1.56. The maximum absolute atomic E-state index is 11.9. The zero-order chi connectivity index (χ0) is 14.3. The van der Waals surface area contributed by atoms with Crippen LogP contribution in [0.4, 0.5) is 0 Å². The minimum atomic E-state index is -0.184. The van der Waals surface area contributed by atoms with Crippen molar-refractivity contribution in [2.75, 3.05) is 6.61 Å². The minimum Gasteiger partial charge on any atom is -0.394 e. The summed E-state index contributed by atoms with van der Waals surface area (Å²) < 4.78 is 5.49. The van der Waals surface area contributed by atoms with Crippen LogP contribution in [0.5, 0.6) is 0 Å². The van der Waals surface area contributed by atoms with E-state index in [-0.39, 0.29) is 24.7 Å². The van der Waals surface area contributed by atoms with Gasteiger partial charge in [-0.1, -0.05) is 19.1 Å². The maximum Gasteiger partial charge on any atom is 0.251 e. The van der Waals surface area contributed by atoms with E-state index in [0.717, 1.165) is 5.56 Å². The second-order valence-electron chi connectivity index (χ2n) is 4.82. The smallest absolute Gasteiger partial charge is 0.251 e. The standard InChI is InChI=1S/C15H23NO3/c1-4-14(9-17)16-15(18)13-7-5-12(6-8-13)10-19-11(2)3/h5-8,11,14,17H,4,9-10H2,1-3H3,(H,16,18)/t14-/m1/s1. The molecule has 0 saturated heterocycles. The Labute approximate surface area is 114 Å². The zero-order valence-corrected chi connectivity index (χ0v) is 11.8. The first-order valence-corrected chi connectivity index (χ1v) is 6.69. The highest BCUT2D eigenvalue weighted by molar-refractivity contribution is 5.94. The molecular weight excluding hydrogens is 242 g/mol. The lowest BCUT2D eigenvalue weighted by molar-refractivity contribution is 0.0656. The highest BCUT2D eigenvalue weighted by atomic mass is 16.5. The van der Waals surface area contributed by atoms with Crippen LogP contribution in [0.1, 0.15) is 43.1 Å². The van der Waals surface area contributed by atoms with Gasteiger partial charge in [0.2, 0.25) is 0 Å². The lowest BCUT2D eigenvalue weighted by Crippen LogP contribution is -2.36. The molecular formula is C15H23NO3. The first-order valence-electron chi connectivity index (χ1n) is 6.69. The molecule has 0 saturated carbocycles. The number of benzene rings is 1. The van der Waals surface area contributed by atoms with E-state index in [2.05, 4.69) is 5.32 Å². The second kappa shape index (κ2) is 7.92. The Balaban J connectivity index is 2.57. The monoisotopic (exact) mass is 265 g/mol. The molecule has 19 heavy (non-hydrogen) atoms. The molecule has 1 aromatic carbocycles. The van der Waals surface area contributed by atoms with E-state index in [4.69, 9.17) is 9.84 Å². The molecule has 0 fully saturated rings. The Bertz CT molecular complexity index is 383. The third-order valence-corrected chi connectivity index (χ3v) is 2.85. The van der Waals surface area contributed by atoms with Crippen LogP contribution in [0, 0.1) is 0 Å². The predicted octanol–water partition coefficient (Wildman–Crippen LogP) is 2.11. The summed E-state index contributed by atoms with van der Waals surface area (Å²) in [7, 11) is 0. The molecule has 1 rings (SSSR count). The molecule has 1 atom stereocenters. The number of hydrogen-bond donors (Lipinski definition) is 2. The number of nitrogens with one attached hydrogen (secondary N) is 1. The van der Waals surface area contributed by atoms with Gasteiger partial charge in [0.25, 0.3) is 5.91 Å². The summed E-state index contributed by atoms with van der Waals surface area (Å²) in [5, 5.41) is 11.8. The molecule has 1 aromatic rings. The van der Waals surface area contributed by atoms with E-state index >= 15 is 0 Å². The lowest BCUT2D eigenvalue weighted by atomic mass is 10.1. The van der Waals surface area contributed by atoms with E-state index in [1.165, 1.54) is 0 Å². The average molecular weight is 265 g/mol.